The highest BCUT2D eigenvalue weighted by molar-refractivity contribution is 9.10. The predicted octanol–water partition coefficient (Wildman–Crippen LogP) is 2.83. The first-order valence-electron chi connectivity index (χ1n) is 6.04. The molecule has 0 aliphatic carbocycles. The third kappa shape index (κ3) is 5.32. The standard InChI is InChI=1S/C13H17BrO4S/c1-2-7-19(17,18)8-6-12(13(15)16)10-4-3-5-11(14)9-10/h3-5,9,12H,2,6-8H2,1H3,(H,15,16). The lowest BCUT2D eigenvalue weighted by Gasteiger charge is -2.13. The van der Waals surface area contributed by atoms with Gasteiger partial charge in [0.25, 0.3) is 0 Å². The van der Waals surface area contributed by atoms with Crippen molar-refractivity contribution in [1.82, 2.24) is 0 Å². The number of sulfone groups is 1. The first kappa shape index (κ1) is 16.2. The molecule has 1 rings (SSSR count). The van der Waals surface area contributed by atoms with Gasteiger partial charge in [-0.3, -0.25) is 4.79 Å². The first-order chi connectivity index (χ1) is 8.85. The molecule has 1 N–H and O–H groups in total. The van der Waals surface area contributed by atoms with E-state index in [2.05, 4.69) is 15.9 Å². The Hall–Kier alpha value is -0.880. The Morgan fingerprint density at radius 2 is 2.05 bits per heavy atom. The Kier molecular flexibility index (Phi) is 6.00. The van der Waals surface area contributed by atoms with Crippen LogP contribution in [-0.4, -0.2) is 31.0 Å². The number of carboxylic acids is 1. The van der Waals surface area contributed by atoms with Gasteiger partial charge in [-0.1, -0.05) is 35.0 Å². The molecule has 6 heteroatoms. The van der Waals surface area contributed by atoms with E-state index in [1.54, 1.807) is 31.2 Å². The number of aliphatic carboxylic acids is 1. The zero-order valence-corrected chi connectivity index (χ0v) is 13.1. The molecule has 1 atom stereocenters. The molecule has 4 nitrogen and oxygen atoms in total. The van der Waals surface area contributed by atoms with Crippen molar-refractivity contribution >= 4 is 31.7 Å². The largest absolute Gasteiger partial charge is 0.481 e. The maximum atomic E-state index is 11.7. The highest BCUT2D eigenvalue weighted by Crippen LogP contribution is 2.24. The van der Waals surface area contributed by atoms with Crippen molar-refractivity contribution in [2.45, 2.75) is 25.7 Å². The van der Waals surface area contributed by atoms with Gasteiger partial charge in [-0.2, -0.15) is 0 Å². The van der Waals surface area contributed by atoms with E-state index >= 15 is 0 Å². The summed E-state index contributed by atoms with van der Waals surface area (Å²) in [6, 6.07) is 6.97. The van der Waals surface area contributed by atoms with Crippen molar-refractivity contribution < 1.29 is 18.3 Å². The smallest absolute Gasteiger partial charge is 0.311 e. The second-order valence-corrected chi connectivity index (χ2v) is 7.61. The minimum Gasteiger partial charge on any atom is -0.481 e. The molecule has 0 bridgehead atoms. The van der Waals surface area contributed by atoms with E-state index in [4.69, 9.17) is 0 Å². The van der Waals surface area contributed by atoms with Crippen molar-refractivity contribution in [2.75, 3.05) is 11.5 Å². The molecule has 0 fully saturated rings. The van der Waals surface area contributed by atoms with E-state index in [-0.39, 0.29) is 17.9 Å². The topological polar surface area (TPSA) is 71.4 Å². The van der Waals surface area contributed by atoms with Gasteiger partial charge in [0.15, 0.2) is 0 Å². The highest BCUT2D eigenvalue weighted by Gasteiger charge is 2.22. The minimum atomic E-state index is -3.15. The molecule has 0 aliphatic heterocycles. The van der Waals surface area contributed by atoms with Crippen LogP contribution < -0.4 is 0 Å². The van der Waals surface area contributed by atoms with Crippen molar-refractivity contribution in [2.24, 2.45) is 0 Å². The van der Waals surface area contributed by atoms with Crippen LogP contribution in [0.4, 0.5) is 0 Å². The fourth-order valence-corrected chi connectivity index (χ4v) is 3.70. The summed E-state index contributed by atoms with van der Waals surface area (Å²) in [5, 5.41) is 9.23. The summed E-state index contributed by atoms with van der Waals surface area (Å²) >= 11 is 3.28. The lowest BCUT2D eigenvalue weighted by molar-refractivity contribution is -0.138. The normalized spacial score (nSPS) is 13.2. The van der Waals surface area contributed by atoms with Crippen molar-refractivity contribution in [1.29, 1.82) is 0 Å². The van der Waals surface area contributed by atoms with Gasteiger partial charge in [-0.25, -0.2) is 8.42 Å². The summed E-state index contributed by atoms with van der Waals surface area (Å²) in [5.41, 5.74) is 0.619. The minimum absolute atomic E-state index is 0.0929. The summed E-state index contributed by atoms with van der Waals surface area (Å²) in [7, 11) is -3.15. The van der Waals surface area contributed by atoms with Crippen molar-refractivity contribution in [3.63, 3.8) is 0 Å². The molecule has 1 aromatic rings. The molecule has 0 spiro atoms. The first-order valence-corrected chi connectivity index (χ1v) is 8.66. The molecule has 19 heavy (non-hydrogen) atoms. The molecular weight excluding hydrogens is 332 g/mol. The zero-order valence-electron chi connectivity index (χ0n) is 10.7. The van der Waals surface area contributed by atoms with E-state index in [9.17, 15) is 18.3 Å². The Morgan fingerprint density at radius 3 is 2.58 bits per heavy atom. The SMILES string of the molecule is CCCS(=O)(=O)CCC(C(=O)O)c1cccc(Br)c1. The fourth-order valence-electron chi connectivity index (χ4n) is 1.87. The van der Waals surface area contributed by atoms with Gasteiger partial charge in [0, 0.05) is 10.2 Å². The second kappa shape index (κ2) is 7.05. The summed E-state index contributed by atoms with van der Waals surface area (Å²) in [5.74, 6) is -1.77. The van der Waals surface area contributed by atoms with Crippen LogP contribution >= 0.6 is 15.9 Å². The maximum absolute atomic E-state index is 11.7. The summed E-state index contributed by atoms with van der Waals surface area (Å²) in [4.78, 5) is 11.3. The quantitative estimate of drug-likeness (QED) is 0.822. The van der Waals surface area contributed by atoms with Gasteiger partial charge >= 0.3 is 5.97 Å². The molecule has 0 radical (unpaired) electrons. The third-order valence-corrected chi connectivity index (χ3v) is 5.16. The number of halogens is 1. The van der Waals surface area contributed by atoms with Crippen LogP contribution in [0.1, 0.15) is 31.2 Å². The number of hydrogen-bond acceptors (Lipinski definition) is 3. The number of carboxylic acid groups (broad SMARTS) is 1. The van der Waals surface area contributed by atoms with Crippen LogP contribution in [0, 0.1) is 0 Å². The number of carbonyl (C=O) groups is 1. The molecule has 0 saturated carbocycles. The van der Waals surface area contributed by atoms with Gasteiger partial charge in [0.2, 0.25) is 0 Å². The molecular formula is C13H17BrO4S. The average Bonchev–Trinajstić information content (AvgIpc) is 2.28. The molecule has 0 aliphatic rings. The predicted molar refractivity (Wildman–Crippen MR) is 78.1 cm³/mol. The van der Waals surface area contributed by atoms with Crippen LogP contribution in [-0.2, 0) is 14.6 Å². The fraction of sp³-hybridized carbons (Fsp3) is 0.462. The molecule has 0 heterocycles. The lowest BCUT2D eigenvalue weighted by atomic mass is 9.97. The Morgan fingerprint density at radius 1 is 1.37 bits per heavy atom. The van der Waals surface area contributed by atoms with Crippen LogP contribution in [0.3, 0.4) is 0 Å². The van der Waals surface area contributed by atoms with Crippen LogP contribution in [0.2, 0.25) is 0 Å². The summed E-state index contributed by atoms with van der Waals surface area (Å²) in [6.45, 7) is 1.79. The Labute approximate surface area is 121 Å². The third-order valence-electron chi connectivity index (χ3n) is 2.78. The Bertz CT molecular complexity index is 539. The van der Waals surface area contributed by atoms with Gasteiger partial charge in [-0.05, 0) is 30.5 Å². The molecule has 1 unspecified atom stereocenters. The van der Waals surface area contributed by atoms with Gasteiger partial charge in [0.05, 0.1) is 11.7 Å². The molecule has 1 aromatic carbocycles. The monoisotopic (exact) mass is 348 g/mol. The van der Waals surface area contributed by atoms with E-state index in [0.717, 1.165) is 4.47 Å². The van der Waals surface area contributed by atoms with Gasteiger partial charge < -0.3 is 5.11 Å². The van der Waals surface area contributed by atoms with Crippen molar-refractivity contribution in [3.05, 3.63) is 34.3 Å². The lowest BCUT2D eigenvalue weighted by Crippen LogP contribution is -2.18. The molecule has 106 valence electrons. The van der Waals surface area contributed by atoms with Crippen LogP contribution in [0.15, 0.2) is 28.7 Å². The zero-order chi connectivity index (χ0) is 14.5. The number of rotatable bonds is 7. The van der Waals surface area contributed by atoms with Gasteiger partial charge in [-0.15, -0.1) is 0 Å². The second-order valence-electron chi connectivity index (χ2n) is 4.39. The van der Waals surface area contributed by atoms with Crippen LogP contribution in [0.25, 0.3) is 0 Å². The van der Waals surface area contributed by atoms with E-state index in [0.29, 0.717) is 12.0 Å². The number of benzene rings is 1. The Balaban J connectivity index is 2.83. The maximum Gasteiger partial charge on any atom is 0.311 e. The molecule has 0 aromatic heterocycles. The average molecular weight is 349 g/mol. The molecule has 0 saturated heterocycles. The van der Waals surface area contributed by atoms with Crippen LogP contribution in [0.5, 0.6) is 0 Å². The van der Waals surface area contributed by atoms with E-state index in [1.807, 2.05) is 0 Å². The summed E-state index contributed by atoms with van der Waals surface area (Å²) in [6.07, 6.45) is 0.658. The van der Waals surface area contributed by atoms with Crippen molar-refractivity contribution in [3.8, 4) is 0 Å². The summed E-state index contributed by atoms with van der Waals surface area (Å²) < 4.78 is 24.1. The number of hydrogen-bond donors (Lipinski definition) is 1. The van der Waals surface area contributed by atoms with Gasteiger partial charge in [0.1, 0.15) is 9.84 Å². The van der Waals surface area contributed by atoms with E-state index < -0.39 is 21.7 Å². The van der Waals surface area contributed by atoms with E-state index in [1.165, 1.54) is 0 Å². The molecule has 0 amide bonds. The highest BCUT2D eigenvalue weighted by atomic mass is 79.9.